The van der Waals surface area contributed by atoms with E-state index in [9.17, 15) is 9.90 Å². The molecule has 2 aromatic rings. The predicted octanol–water partition coefficient (Wildman–Crippen LogP) is 1.01. The highest BCUT2D eigenvalue weighted by molar-refractivity contribution is 5.84. The molecular weight excluding hydrogens is 308 g/mol. The third-order valence-electron chi connectivity index (χ3n) is 5.29. The van der Waals surface area contributed by atoms with Crippen LogP contribution in [0.25, 0.3) is 0 Å². The minimum Gasteiger partial charge on any atom is -0.476 e. The number of carbonyl (C=O) groups is 1. The van der Waals surface area contributed by atoms with Gasteiger partial charge in [-0.15, -0.1) is 0 Å². The highest BCUT2D eigenvalue weighted by Gasteiger charge is 2.55. The zero-order chi connectivity index (χ0) is 16.8. The molecule has 0 spiro atoms. The van der Waals surface area contributed by atoms with E-state index < -0.39 is 5.97 Å². The van der Waals surface area contributed by atoms with Crippen LogP contribution in [0.3, 0.4) is 0 Å². The lowest BCUT2D eigenvalue weighted by Gasteiger charge is -2.21. The molecule has 1 saturated heterocycles. The van der Waals surface area contributed by atoms with Crippen molar-refractivity contribution < 1.29 is 15.0 Å². The van der Waals surface area contributed by atoms with Crippen LogP contribution in [0.5, 0.6) is 0 Å². The first-order chi connectivity index (χ1) is 11.6. The lowest BCUT2D eigenvalue weighted by Crippen LogP contribution is -2.25. The third-order valence-corrected chi connectivity index (χ3v) is 5.29. The maximum Gasteiger partial charge on any atom is 0.356 e. The number of fused-ring (bicyclic) bond motifs is 1. The van der Waals surface area contributed by atoms with Crippen LogP contribution in [0.4, 0.5) is 5.82 Å². The topological polar surface area (TPSA) is 91.5 Å². The normalized spacial score (nSPS) is 24.9. The summed E-state index contributed by atoms with van der Waals surface area (Å²) in [5.74, 6) is 1.70. The summed E-state index contributed by atoms with van der Waals surface area (Å²) in [6.07, 6.45) is 3.05. The monoisotopic (exact) mass is 328 g/mol. The van der Waals surface area contributed by atoms with Crippen LogP contribution in [0, 0.1) is 24.7 Å². The third kappa shape index (κ3) is 2.54. The van der Waals surface area contributed by atoms with Gasteiger partial charge in [-0.1, -0.05) is 6.07 Å². The van der Waals surface area contributed by atoms with Crippen LogP contribution >= 0.6 is 0 Å². The van der Waals surface area contributed by atoms with Crippen molar-refractivity contribution in [2.24, 2.45) is 17.8 Å². The average molecular weight is 328 g/mol. The van der Waals surface area contributed by atoms with Gasteiger partial charge in [0.05, 0.1) is 12.9 Å². The number of pyridine rings is 1. The SMILES string of the molecule is Cc1nc(N2C[C@@H]3C(CO)[C@@H]3C2)ccc1Cn1cnc(C(=O)O)c1. The second kappa shape index (κ2) is 5.59. The van der Waals surface area contributed by atoms with E-state index in [2.05, 4.69) is 9.88 Å². The first-order valence-electron chi connectivity index (χ1n) is 8.14. The Balaban J connectivity index is 1.45. The van der Waals surface area contributed by atoms with Gasteiger partial charge in [-0.05, 0) is 36.3 Å². The fourth-order valence-electron chi connectivity index (χ4n) is 3.78. The van der Waals surface area contributed by atoms with E-state index in [4.69, 9.17) is 10.1 Å². The Morgan fingerprint density at radius 2 is 2.08 bits per heavy atom. The molecule has 1 aliphatic carbocycles. The molecule has 7 nitrogen and oxygen atoms in total. The van der Waals surface area contributed by atoms with E-state index in [0.717, 1.165) is 30.2 Å². The fourth-order valence-corrected chi connectivity index (χ4v) is 3.78. The Kier molecular flexibility index (Phi) is 3.53. The van der Waals surface area contributed by atoms with Crippen LogP contribution in [-0.2, 0) is 6.54 Å². The first-order valence-corrected chi connectivity index (χ1v) is 8.14. The lowest BCUT2D eigenvalue weighted by molar-refractivity contribution is 0.0691. The summed E-state index contributed by atoms with van der Waals surface area (Å²) >= 11 is 0. The number of aromatic carboxylic acids is 1. The molecule has 2 N–H and O–H groups in total. The van der Waals surface area contributed by atoms with Crippen molar-refractivity contribution in [2.45, 2.75) is 13.5 Å². The maximum atomic E-state index is 10.9. The van der Waals surface area contributed by atoms with Crippen molar-refractivity contribution in [1.82, 2.24) is 14.5 Å². The number of carboxylic acids is 1. The summed E-state index contributed by atoms with van der Waals surface area (Å²) in [4.78, 5) is 21.8. The molecule has 3 atom stereocenters. The van der Waals surface area contributed by atoms with Crippen LogP contribution in [-0.4, -0.2) is 50.4 Å². The molecule has 0 bridgehead atoms. The quantitative estimate of drug-likeness (QED) is 0.851. The summed E-state index contributed by atoms with van der Waals surface area (Å²) in [5.41, 5.74) is 2.04. The van der Waals surface area contributed by atoms with E-state index in [1.54, 1.807) is 4.57 Å². The number of piperidine rings is 1. The second-order valence-corrected chi connectivity index (χ2v) is 6.73. The molecular formula is C17H20N4O3. The van der Waals surface area contributed by atoms with Gasteiger partial charge in [0.2, 0.25) is 0 Å². The molecule has 3 heterocycles. The number of anilines is 1. The van der Waals surface area contributed by atoms with Gasteiger partial charge in [0.25, 0.3) is 0 Å². The van der Waals surface area contributed by atoms with Crippen molar-refractivity contribution in [3.05, 3.63) is 41.6 Å². The van der Waals surface area contributed by atoms with Crippen molar-refractivity contribution in [2.75, 3.05) is 24.6 Å². The zero-order valence-electron chi connectivity index (χ0n) is 13.5. The number of carboxylic acid groups (broad SMARTS) is 1. The second-order valence-electron chi connectivity index (χ2n) is 6.73. The molecule has 126 valence electrons. The van der Waals surface area contributed by atoms with E-state index in [1.165, 1.54) is 12.5 Å². The van der Waals surface area contributed by atoms with Crippen LogP contribution < -0.4 is 4.90 Å². The Hall–Kier alpha value is -2.41. The molecule has 4 rings (SSSR count). The number of hydrogen-bond acceptors (Lipinski definition) is 5. The van der Waals surface area contributed by atoms with E-state index in [1.807, 2.05) is 19.1 Å². The number of nitrogens with zero attached hydrogens (tertiary/aromatic N) is 4. The lowest BCUT2D eigenvalue weighted by atomic mass is 10.2. The predicted molar refractivity (Wildman–Crippen MR) is 87.0 cm³/mol. The Morgan fingerprint density at radius 3 is 2.67 bits per heavy atom. The van der Waals surface area contributed by atoms with Gasteiger partial charge in [0.15, 0.2) is 5.69 Å². The summed E-state index contributed by atoms with van der Waals surface area (Å²) < 4.78 is 1.75. The molecule has 2 aliphatic rings. The van der Waals surface area contributed by atoms with Gasteiger partial charge in [0.1, 0.15) is 5.82 Å². The molecule has 0 aromatic carbocycles. The smallest absolute Gasteiger partial charge is 0.356 e. The molecule has 0 radical (unpaired) electrons. The number of hydrogen-bond donors (Lipinski definition) is 2. The zero-order valence-corrected chi connectivity index (χ0v) is 13.5. The minimum absolute atomic E-state index is 0.0481. The summed E-state index contributed by atoms with van der Waals surface area (Å²) in [6, 6.07) is 4.07. The maximum absolute atomic E-state index is 10.9. The average Bonchev–Trinajstić information content (AvgIpc) is 2.95. The van der Waals surface area contributed by atoms with E-state index in [0.29, 0.717) is 30.9 Å². The summed E-state index contributed by atoms with van der Waals surface area (Å²) in [7, 11) is 0. The van der Waals surface area contributed by atoms with E-state index in [-0.39, 0.29) is 5.69 Å². The summed E-state index contributed by atoms with van der Waals surface area (Å²) in [6.45, 7) is 4.78. The van der Waals surface area contributed by atoms with Gasteiger partial charge in [-0.25, -0.2) is 14.8 Å². The van der Waals surface area contributed by atoms with Gasteiger partial charge in [0, 0.05) is 31.6 Å². The molecule has 2 aromatic heterocycles. The molecule has 0 amide bonds. The standard InChI is InChI=1S/C17H20N4O3/c1-10-11(4-20-7-15(17(23)24)18-9-20)2-3-16(19-10)21-5-12-13(6-21)14(12)8-22/h2-3,7,9,12-14,22H,4-6,8H2,1H3,(H,23,24)/t12-,13+,14?. The largest absolute Gasteiger partial charge is 0.476 e. The number of aryl methyl sites for hydroxylation is 1. The minimum atomic E-state index is -1.02. The number of imidazole rings is 1. The highest BCUT2D eigenvalue weighted by atomic mass is 16.4. The van der Waals surface area contributed by atoms with Crippen LogP contribution in [0.15, 0.2) is 24.7 Å². The molecule has 7 heteroatoms. The number of aromatic nitrogens is 3. The highest BCUT2D eigenvalue weighted by Crippen LogP contribution is 2.51. The molecule has 1 saturated carbocycles. The molecule has 2 fully saturated rings. The number of rotatable bonds is 5. The Labute approximate surface area is 139 Å². The Bertz CT molecular complexity index is 776. The van der Waals surface area contributed by atoms with E-state index >= 15 is 0 Å². The van der Waals surface area contributed by atoms with Crippen molar-refractivity contribution >= 4 is 11.8 Å². The molecule has 1 aliphatic heterocycles. The van der Waals surface area contributed by atoms with Crippen LogP contribution in [0.1, 0.15) is 21.7 Å². The van der Waals surface area contributed by atoms with Crippen molar-refractivity contribution in [3.8, 4) is 0 Å². The number of aliphatic hydroxyl groups excluding tert-OH is 1. The van der Waals surface area contributed by atoms with Gasteiger partial charge >= 0.3 is 5.97 Å². The molecule has 24 heavy (non-hydrogen) atoms. The number of aliphatic hydroxyl groups is 1. The van der Waals surface area contributed by atoms with Gasteiger partial charge < -0.3 is 19.7 Å². The summed E-state index contributed by atoms with van der Waals surface area (Å²) in [5, 5.41) is 18.2. The van der Waals surface area contributed by atoms with Gasteiger partial charge in [-0.3, -0.25) is 0 Å². The van der Waals surface area contributed by atoms with Crippen LogP contribution in [0.2, 0.25) is 0 Å². The van der Waals surface area contributed by atoms with Crippen molar-refractivity contribution in [3.63, 3.8) is 0 Å². The van der Waals surface area contributed by atoms with Gasteiger partial charge in [-0.2, -0.15) is 0 Å². The Morgan fingerprint density at radius 1 is 1.33 bits per heavy atom. The first kappa shape index (κ1) is 15.1. The van der Waals surface area contributed by atoms with Crippen molar-refractivity contribution in [1.29, 1.82) is 0 Å². The fraction of sp³-hybridized carbons (Fsp3) is 0.471. The molecule has 1 unspecified atom stereocenters.